The minimum absolute atomic E-state index is 1.00. The molecule has 0 spiro atoms. The van der Waals surface area contributed by atoms with Crippen LogP contribution in [0.25, 0.3) is 0 Å². The van der Waals surface area contributed by atoms with Crippen LogP contribution in [0.2, 0.25) is 0 Å². The quantitative estimate of drug-likeness (QED) is 0.485. The van der Waals surface area contributed by atoms with Gasteiger partial charge in [-0.15, -0.1) is 0 Å². The zero-order chi connectivity index (χ0) is 5.41. The zero-order valence-electron chi connectivity index (χ0n) is 2.88. The summed E-state index contributed by atoms with van der Waals surface area (Å²) in [6, 6.07) is 0. The standard InChI is InChI=1S/BHOSi.Bi.2O.H/c1-3-2;;;;/h3H;;;;. The maximum atomic E-state index is 8.79. The van der Waals surface area contributed by atoms with Crippen molar-refractivity contribution in [3.8, 4) is 0 Å². The van der Waals surface area contributed by atoms with Crippen LogP contribution in [0.1, 0.15) is 0 Å². The first-order chi connectivity index (χ1) is 2.83. The van der Waals surface area contributed by atoms with E-state index in [0.29, 0.717) is 0 Å². The second kappa shape index (κ2) is 17.6. The van der Waals surface area contributed by atoms with Gasteiger partial charge in [-0.1, -0.05) is 0 Å². The SMILES string of the molecule is [B][SiH]=O.[O]=[BiH]=[O]. The molecule has 6 heteroatoms. The first-order valence-electron chi connectivity index (χ1n) is 0.977. The van der Waals surface area contributed by atoms with Crippen LogP contribution in [0.15, 0.2) is 0 Å². The predicted octanol–water partition coefficient (Wildman–Crippen LogP) is -2.03. The summed E-state index contributed by atoms with van der Waals surface area (Å²) in [5.74, 6) is 0. The second-order valence-electron chi connectivity index (χ2n) is 0.219. The van der Waals surface area contributed by atoms with Gasteiger partial charge >= 0.3 is 28.9 Å². The molecule has 32 valence electrons. The molecule has 0 atom stereocenters. The van der Waals surface area contributed by atoms with Crippen molar-refractivity contribution < 1.29 is 10.1 Å². The minimum atomic E-state index is -2.42. The first kappa shape index (κ1) is 9.76. The van der Waals surface area contributed by atoms with E-state index >= 15 is 0 Å². The van der Waals surface area contributed by atoms with E-state index in [1.165, 1.54) is 0 Å². The van der Waals surface area contributed by atoms with Crippen molar-refractivity contribution in [2.75, 3.05) is 0 Å². The Labute approximate surface area is 50.2 Å². The molecule has 0 amide bonds. The van der Waals surface area contributed by atoms with E-state index in [-0.39, 0.29) is 0 Å². The Bertz CT molecular complexity index is 55.8. The molecule has 3 nitrogen and oxygen atoms in total. The summed E-state index contributed by atoms with van der Waals surface area (Å²) in [6.45, 7) is 0. The molecule has 0 saturated heterocycles. The van der Waals surface area contributed by atoms with Crippen molar-refractivity contribution >= 4 is 40.0 Å². The van der Waals surface area contributed by atoms with Gasteiger partial charge in [0.2, 0.25) is 0 Å². The molecule has 0 aromatic heterocycles. The van der Waals surface area contributed by atoms with Crippen LogP contribution in [0.3, 0.4) is 0 Å². The normalized spacial score (nSPS) is 4.00. The van der Waals surface area contributed by atoms with Crippen LogP contribution in [0.5, 0.6) is 0 Å². The van der Waals surface area contributed by atoms with Crippen LogP contribution in [-0.4, -0.2) is 40.0 Å². The fraction of sp³-hybridized carbons (Fsp3) is 0. The van der Waals surface area contributed by atoms with Crippen LogP contribution in [0, 0.1) is 0 Å². The average Bonchev–Trinajstić information content (AvgIpc) is 1.39. The van der Waals surface area contributed by atoms with E-state index in [4.69, 9.17) is 10.1 Å². The molecule has 0 saturated carbocycles. The predicted molar refractivity (Wildman–Crippen MR) is 22.1 cm³/mol. The third kappa shape index (κ3) is 182. The molecule has 0 aromatic rings. The molecule has 6 heavy (non-hydrogen) atoms. The Hall–Kier alpha value is 0.565. The van der Waals surface area contributed by atoms with Gasteiger partial charge in [0.05, 0.1) is 0 Å². The van der Waals surface area contributed by atoms with Gasteiger partial charge in [-0.25, -0.2) is 0 Å². The molecule has 0 unspecified atom stereocenters. The molecular formula is H2BBiO3Si. The molecule has 0 aliphatic rings. The third-order valence-corrected chi connectivity index (χ3v) is 0. The van der Waals surface area contributed by atoms with E-state index in [1.807, 2.05) is 0 Å². The van der Waals surface area contributed by atoms with Crippen LogP contribution >= 0.6 is 0 Å². The molecule has 0 aliphatic heterocycles. The molecule has 0 bridgehead atoms. The van der Waals surface area contributed by atoms with E-state index < -0.39 is 32.5 Å². The summed E-state index contributed by atoms with van der Waals surface area (Å²) >= 11 is -2.42. The van der Waals surface area contributed by atoms with Crippen molar-refractivity contribution in [1.82, 2.24) is 0 Å². The summed E-state index contributed by atoms with van der Waals surface area (Å²) in [4.78, 5) is 0. The second-order valence-corrected chi connectivity index (χ2v) is 1.14. The van der Waals surface area contributed by atoms with Gasteiger partial charge in [0, 0.05) is 0 Å². The summed E-state index contributed by atoms with van der Waals surface area (Å²) in [6.07, 6.45) is 0. The van der Waals surface area contributed by atoms with E-state index in [2.05, 4.69) is 7.44 Å². The molecule has 2 radical (unpaired) electrons. The average molecular weight is 298 g/mol. The molecule has 0 aromatic carbocycles. The van der Waals surface area contributed by atoms with Gasteiger partial charge in [-0.2, -0.15) is 0 Å². The van der Waals surface area contributed by atoms with Gasteiger partial charge in [-0.3, -0.25) is 0 Å². The summed E-state index contributed by atoms with van der Waals surface area (Å²) in [5, 5.41) is 0. The summed E-state index contributed by atoms with van der Waals surface area (Å²) in [7, 11) is 3.37. The van der Waals surface area contributed by atoms with E-state index in [9.17, 15) is 0 Å². The Morgan fingerprint density at radius 2 is 1.50 bits per heavy atom. The van der Waals surface area contributed by atoms with Gasteiger partial charge in [0.25, 0.3) is 0 Å². The zero-order valence-corrected chi connectivity index (χ0v) is 7.92. The fourth-order valence-electron chi connectivity index (χ4n) is 0. The van der Waals surface area contributed by atoms with Crippen molar-refractivity contribution in [2.24, 2.45) is 0 Å². The van der Waals surface area contributed by atoms with Gasteiger partial charge in [-0.05, 0) is 0 Å². The van der Waals surface area contributed by atoms with Crippen molar-refractivity contribution in [3.05, 3.63) is 0 Å². The Kier molecular flexibility index (Phi) is 28.7. The first-order valence-corrected chi connectivity index (χ1v) is 5.29. The summed E-state index contributed by atoms with van der Waals surface area (Å²) < 4.78 is 25.9. The molecule has 0 rings (SSSR count). The fourth-order valence-corrected chi connectivity index (χ4v) is 0. The van der Waals surface area contributed by atoms with E-state index in [0.717, 1.165) is 0 Å². The van der Waals surface area contributed by atoms with Gasteiger partial charge in [0.1, 0.15) is 7.44 Å². The monoisotopic (exact) mass is 298 g/mol. The molecular weight excluding hydrogens is 296 g/mol. The number of rotatable bonds is 0. The third-order valence-electron chi connectivity index (χ3n) is 0. The van der Waals surface area contributed by atoms with Crippen molar-refractivity contribution in [1.29, 1.82) is 0 Å². The Morgan fingerprint density at radius 3 is 1.50 bits per heavy atom. The topological polar surface area (TPSA) is 51.2 Å². The Balaban J connectivity index is 0. The summed E-state index contributed by atoms with van der Waals surface area (Å²) in [5.41, 5.74) is 0. The van der Waals surface area contributed by atoms with Gasteiger partial charge < -0.3 is 4.46 Å². The van der Waals surface area contributed by atoms with Crippen LogP contribution in [-0.2, 0) is 10.1 Å². The number of hydrogen-bond donors (Lipinski definition) is 0. The Morgan fingerprint density at radius 1 is 1.50 bits per heavy atom. The molecule has 0 aliphatic carbocycles. The maximum absolute atomic E-state index is 8.79. The van der Waals surface area contributed by atoms with Crippen LogP contribution in [0.4, 0.5) is 0 Å². The van der Waals surface area contributed by atoms with Crippen molar-refractivity contribution in [2.45, 2.75) is 0 Å². The molecule has 0 fully saturated rings. The number of hydrogen-bond acceptors (Lipinski definition) is 3. The van der Waals surface area contributed by atoms with Gasteiger partial charge in [0.15, 0.2) is 9.28 Å². The molecule has 0 N–H and O–H groups in total. The van der Waals surface area contributed by atoms with Crippen molar-refractivity contribution in [3.63, 3.8) is 0 Å². The molecule has 0 heterocycles. The van der Waals surface area contributed by atoms with Crippen LogP contribution < -0.4 is 0 Å². The van der Waals surface area contributed by atoms with E-state index in [1.54, 1.807) is 0 Å².